The third kappa shape index (κ3) is 6.11. The van der Waals surface area contributed by atoms with Crippen molar-refractivity contribution in [2.45, 2.75) is 44.3 Å². The van der Waals surface area contributed by atoms with Gasteiger partial charge in [0.2, 0.25) is 0 Å². The van der Waals surface area contributed by atoms with E-state index in [2.05, 4.69) is 11.4 Å². The average molecular weight is 471 g/mol. The van der Waals surface area contributed by atoms with Gasteiger partial charge in [0.05, 0.1) is 11.6 Å². The Morgan fingerprint density at radius 3 is 2.37 bits per heavy atom. The van der Waals surface area contributed by atoms with Gasteiger partial charge in [-0.2, -0.15) is 5.26 Å². The largest absolute Gasteiger partial charge is 0.331 e. The first-order chi connectivity index (χ1) is 16.9. The fourth-order valence-electron chi connectivity index (χ4n) is 4.41. The number of nitrogens with two attached hydrogens (primary N) is 1. The number of nitrogens with one attached hydrogen (secondary N) is 1. The van der Waals surface area contributed by atoms with Gasteiger partial charge in [0.1, 0.15) is 5.82 Å². The number of anilines is 1. The third-order valence-corrected chi connectivity index (χ3v) is 6.33. The predicted octanol–water partition coefficient (Wildman–Crippen LogP) is 4.86. The van der Waals surface area contributed by atoms with Crippen LogP contribution in [0, 0.1) is 17.1 Å². The Balaban J connectivity index is 1.55. The number of rotatable bonds is 6. The molecule has 1 fully saturated rings. The van der Waals surface area contributed by atoms with E-state index in [-0.39, 0.29) is 23.6 Å². The SMILES string of the molecule is N#Cc1ccc(C(=O)N(Cc2cccc(NC(=O)c3cccc(F)c3)c2)C2CCC(N)CC2)cc1. The van der Waals surface area contributed by atoms with Gasteiger partial charge < -0.3 is 16.0 Å². The van der Waals surface area contributed by atoms with Crippen molar-refractivity contribution < 1.29 is 14.0 Å². The van der Waals surface area contributed by atoms with E-state index >= 15 is 0 Å². The summed E-state index contributed by atoms with van der Waals surface area (Å²) < 4.78 is 13.5. The summed E-state index contributed by atoms with van der Waals surface area (Å²) in [6.07, 6.45) is 3.34. The fraction of sp³-hybridized carbons (Fsp3) is 0.250. The van der Waals surface area contributed by atoms with Crippen LogP contribution in [0.15, 0.2) is 72.8 Å². The maximum atomic E-state index is 13.5. The Morgan fingerprint density at radius 1 is 0.971 bits per heavy atom. The lowest BCUT2D eigenvalue weighted by molar-refractivity contribution is 0.0606. The number of hydrogen-bond acceptors (Lipinski definition) is 4. The summed E-state index contributed by atoms with van der Waals surface area (Å²) in [6, 6.07) is 21.7. The molecular formula is C28H27FN4O2. The summed E-state index contributed by atoms with van der Waals surface area (Å²) in [7, 11) is 0. The molecule has 3 aromatic carbocycles. The molecular weight excluding hydrogens is 443 g/mol. The highest BCUT2D eigenvalue weighted by molar-refractivity contribution is 6.04. The molecule has 0 heterocycles. The standard InChI is InChI=1S/C28H27FN4O2/c29-23-5-2-4-22(16-23)27(34)32-25-6-1-3-20(15-25)18-33(26-13-11-24(31)12-14-26)28(35)21-9-7-19(17-30)8-10-21/h1-10,15-16,24,26H,11-14,18,31H2,(H,32,34). The molecule has 0 spiro atoms. The number of benzene rings is 3. The smallest absolute Gasteiger partial charge is 0.255 e. The zero-order chi connectivity index (χ0) is 24.8. The molecule has 4 rings (SSSR count). The highest BCUT2D eigenvalue weighted by Gasteiger charge is 2.28. The number of carbonyl (C=O) groups is 2. The first kappa shape index (κ1) is 24.1. The minimum atomic E-state index is -0.476. The topological polar surface area (TPSA) is 99.2 Å². The van der Waals surface area contributed by atoms with E-state index in [1.165, 1.54) is 18.2 Å². The second-order valence-corrected chi connectivity index (χ2v) is 8.86. The molecule has 0 aromatic heterocycles. The molecule has 1 aliphatic rings. The lowest BCUT2D eigenvalue weighted by atomic mass is 9.90. The van der Waals surface area contributed by atoms with Crippen molar-refractivity contribution in [3.8, 4) is 6.07 Å². The van der Waals surface area contributed by atoms with E-state index in [1.807, 2.05) is 23.1 Å². The average Bonchev–Trinajstić information content (AvgIpc) is 2.88. The van der Waals surface area contributed by atoms with Gasteiger partial charge in [0.25, 0.3) is 11.8 Å². The van der Waals surface area contributed by atoms with E-state index in [0.29, 0.717) is 23.4 Å². The van der Waals surface area contributed by atoms with Crippen LogP contribution < -0.4 is 11.1 Å². The highest BCUT2D eigenvalue weighted by Crippen LogP contribution is 2.26. The molecule has 6 nitrogen and oxygen atoms in total. The van der Waals surface area contributed by atoms with Gasteiger partial charge in [0.15, 0.2) is 0 Å². The van der Waals surface area contributed by atoms with Crippen molar-refractivity contribution in [2.24, 2.45) is 5.73 Å². The normalized spacial score (nSPS) is 17.3. The molecule has 7 heteroatoms. The summed E-state index contributed by atoms with van der Waals surface area (Å²) in [5.41, 5.74) is 8.77. The molecule has 3 aromatic rings. The predicted molar refractivity (Wildman–Crippen MR) is 132 cm³/mol. The van der Waals surface area contributed by atoms with Crippen LogP contribution in [0.25, 0.3) is 0 Å². The van der Waals surface area contributed by atoms with Crippen molar-refractivity contribution in [1.29, 1.82) is 5.26 Å². The molecule has 35 heavy (non-hydrogen) atoms. The number of hydrogen-bond donors (Lipinski definition) is 2. The Labute approximate surface area is 204 Å². The minimum Gasteiger partial charge on any atom is -0.331 e. The van der Waals surface area contributed by atoms with Gasteiger partial charge in [-0.25, -0.2) is 4.39 Å². The van der Waals surface area contributed by atoms with E-state index in [0.717, 1.165) is 31.2 Å². The summed E-state index contributed by atoms with van der Waals surface area (Å²) in [5.74, 6) is -0.992. The van der Waals surface area contributed by atoms with Gasteiger partial charge in [-0.3, -0.25) is 9.59 Å². The van der Waals surface area contributed by atoms with Gasteiger partial charge in [0, 0.05) is 35.4 Å². The van der Waals surface area contributed by atoms with Gasteiger partial charge in [-0.05, 0) is 85.8 Å². The molecule has 0 saturated heterocycles. The molecule has 2 amide bonds. The number of nitrogens with zero attached hydrogens (tertiary/aromatic N) is 2. The van der Waals surface area contributed by atoms with Gasteiger partial charge >= 0.3 is 0 Å². The Bertz CT molecular complexity index is 1240. The summed E-state index contributed by atoms with van der Waals surface area (Å²) in [5, 5.41) is 11.9. The Morgan fingerprint density at radius 2 is 1.69 bits per heavy atom. The molecule has 3 N–H and O–H groups in total. The Hall–Kier alpha value is -4.02. The molecule has 0 atom stereocenters. The molecule has 0 aliphatic heterocycles. The molecule has 0 unspecified atom stereocenters. The molecule has 0 bridgehead atoms. The molecule has 1 aliphatic carbocycles. The second-order valence-electron chi connectivity index (χ2n) is 8.86. The number of halogens is 1. The van der Waals surface area contributed by atoms with Crippen LogP contribution in [0.1, 0.15) is 57.5 Å². The van der Waals surface area contributed by atoms with Gasteiger partial charge in [-0.15, -0.1) is 0 Å². The number of nitriles is 1. The van der Waals surface area contributed by atoms with E-state index in [9.17, 15) is 14.0 Å². The van der Waals surface area contributed by atoms with Crippen LogP contribution in [0.5, 0.6) is 0 Å². The zero-order valence-corrected chi connectivity index (χ0v) is 19.3. The lowest BCUT2D eigenvalue weighted by Gasteiger charge is -2.36. The van der Waals surface area contributed by atoms with Crippen LogP contribution >= 0.6 is 0 Å². The summed E-state index contributed by atoms with van der Waals surface area (Å²) in [6.45, 7) is 0.364. The van der Waals surface area contributed by atoms with Crippen molar-refractivity contribution in [2.75, 3.05) is 5.32 Å². The van der Waals surface area contributed by atoms with Crippen LogP contribution in [0.3, 0.4) is 0 Å². The van der Waals surface area contributed by atoms with Crippen LogP contribution in [-0.4, -0.2) is 28.8 Å². The Kier molecular flexibility index (Phi) is 7.54. The molecule has 178 valence electrons. The van der Waals surface area contributed by atoms with Crippen LogP contribution in [0.2, 0.25) is 0 Å². The summed E-state index contributed by atoms with van der Waals surface area (Å²) in [4.78, 5) is 27.9. The van der Waals surface area contributed by atoms with Crippen molar-refractivity contribution >= 4 is 17.5 Å². The van der Waals surface area contributed by atoms with Crippen molar-refractivity contribution in [3.05, 3.63) is 101 Å². The fourth-order valence-corrected chi connectivity index (χ4v) is 4.41. The maximum Gasteiger partial charge on any atom is 0.255 e. The second kappa shape index (κ2) is 10.9. The maximum absolute atomic E-state index is 13.5. The monoisotopic (exact) mass is 470 g/mol. The zero-order valence-electron chi connectivity index (χ0n) is 19.3. The van der Waals surface area contributed by atoms with Crippen LogP contribution in [-0.2, 0) is 6.54 Å². The quantitative estimate of drug-likeness (QED) is 0.537. The van der Waals surface area contributed by atoms with E-state index in [1.54, 1.807) is 36.4 Å². The number of amides is 2. The first-order valence-corrected chi connectivity index (χ1v) is 11.7. The first-order valence-electron chi connectivity index (χ1n) is 11.7. The van der Waals surface area contributed by atoms with Crippen molar-refractivity contribution in [3.63, 3.8) is 0 Å². The van der Waals surface area contributed by atoms with Gasteiger partial charge in [-0.1, -0.05) is 18.2 Å². The highest BCUT2D eigenvalue weighted by atomic mass is 19.1. The molecule has 1 saturated carbocycles. The third-order valence-electron chi connectivity index (χ3n) is 6.33. The van der Waals surface area contributed by atoms with Crippen LogP contribution in [0.4, 0.5) is 10.1 Å². The minimum absolute atomic E-state index is 0.0449. The summed E-state index contributed by atoms with van der Waals surface area (Å²) >= 11 is 0. The van der Waals surface area contributed by atoms with E-state index in [4.69, 9.17) is 11.0 Å². The van der Waals surface area contributed by atoms with E-state index < -0.39 is 11.7 Å². The van der Waals surface area contributed by atoms with Crippen molar-refractivity contribution in [1.82, 2.24) is 4.90 Å². The number of carbonyl (C=O) groups excluding carboxylic acids is 2. The molecule has 0 radical (unpaired) electrons. The lowest BCUT2D eigenvalue weighted by Crippen LogP contribution is -2.43.